The quantitative estimate of drug-likeness (QED) is 0.922. The second kappa shape index (κ2) is 5.81. The van der Waals surface area contributed by atoms with Gasteiger partial charge < -0.3 is 10.2 Å². The zero-order valence-corrected chi connectivity index (χ0v) is 13.0. The van der Waals surface area contributed by atoms with Gasteiger partial charge in [0.2, 0.25) is 0 Å². The van der Waals surface area contributed by atoms with Crippen molar-refractivity contribution in [3.8, 4) is 0 Å². The van der Waals surface area contributed by atoms with Crippen LogP contribution in [0.15, 0.2) is 12.3 Å². The average molecular weight is 275 g/mol. The Hall–Kier alpha value is -1.58. The molecular formula is C16H25N3O. The molecule has 1 aliphatic heterocycles. The maximum Gasteiger partial charge on any atom is 0.257 e. The van der Waals surface area contributed by atoms with Gasteiger partial charge in [-0.3, -0.25) is 9.78 Å². The number of piperidine rings is 1. The van der Waals surface area contributed by atoms with Crippen LogP contribution in [0.2, 0.25) is 0 Å². The largest absolute Gasteiger partial charge is 0.385 e. The number of hydrogen-bond acceptors (Lipinski definition) is 3. The molecule has 1 aliphatic rings. The summed E-state index contributed by atoms with van der Waals surface area (Å²) in [6.07, 6.45) is 3.83. The molecule has 2 heterocycles. The summed E-state index contributed by atoms with van der Waals surface area (Å²) in [6.45, 7) is 11.0. The summed E-state index contributed by atoms with van der Waals surface area (Å²) in [5.41, 5.74) is 2.87. The molecule has 0 aliphatic carbocycles. The van der Waals surface area contributed by atoms with Gasteiger partial charge in [0.15, 0.2) is 0 Å². The second-order valence-corrected chi connectivity index (χ2v) is 6.36. The highest BCUT2D eigenvalue weighted by atomic mass is 16.2. The van der Waals surface area contributed by atoms with Gasteiger partial charge in [-0.25, -0.2) is 0 Å². The predicted octanol–water partition coefficient (Wildman–Crippen LogP) is 3.08. The monoisotopic (exact) mass is 275 g/mol. The zero-order chi connectivity index (χ0) is 14.8. The Bertz CT molecular complexity index is 486. The van der Waals surface area contributed by atoms with Crippen LogP contribution in [0.4, 0.5) is 5.69 Å². The molecule has 0 radical (unpaired) electrons. The number of likely N-dealkylation sites (tertiary alicyclic amines) is 1. The molecule has 0 aromatic carbocycles. The van der Waals surface area contributed by atoms with Crippen LogP contribution in [0.25, 0.3) is 0 Å². The number of hydrogen-bond donors (Lipinski definition) is 1. The van der Waals surface area contributed by atoms with Gasteiger partial charge in [-0.2, -0.15) is 0 Å². The molecule has 0 spiro atoms. The molecule has 0 atom stereocenters. The maximum absolute atomic E-state index is 12.7. The Kier molecular flexibility index (Phi) is 4.31. The van der Waals surface area contributed by atoms with Gasteiger partial charge in [-0.1, -0.05) is 13.8 Å². The molecule has 0 unspecified atom stereocenters. The van der Waals surface area contributed by atoms with Crippen LogP contribution in [0, 0.1) is 12.3 Å². The highest BCUT2D eigenvalue weighted by Crippen LogP contribution is 2.31. The second-order valence-electron chi connectivity index (χ2n) is 6.36. The Labute approximate surface area is 121 Å². The van der Waals surface area contributed by atoms with Crippen molar-refractivity contribution >= 4 is 11.6 Å². The number of amides is 1. The van der Waals surface area contributed by atoms with E-state index in [9.17, 15) is 4.79 Å². The van der Waals surface area contributed by atoms with E-state index < -0.39 is 0 Å². The molecule has 1 amide bonds. The Morgan fingerprint density at radius 2 is 2.05 bits per heavy atom. The van der Waals surface area contributed by atoms with Crippen molar-refractivity contribution in [2.45, 2.75) is 40.5 Å². The smallest absolute Gasteiger partial charge is 0.257 e. The molecule has 4 nitrogen and oxygen atoms in total. The molecule has 1 fully saturated rings. The fraction of sp³-hybridized carbons (Fsp3) is 0.625. The average Bonchev–Trinajstić information content (AvgIpc) is 2.38. The minimum Gasteiger partial charge on any atom is -0.385 e. The summed E-state index contributed by atoms with van der Waals surface area (Å²) in [5.74, 6) is 0.101. The SMILES string of the molecule is CCNc1cc(C)ncc1C(=O)N1CCC(C)(C)CC1. The van der Waals surface area contributed by atoms with Gasteiger partial charge in [0.05, 0.1) is 11.3 Å². The molecular weight excluding hydrogens is 250 g/mol. The molecule has 110 valence electrons. The van der Waals surface area contributed by atoms with E-state index in [1.807, 2.05) is 24.8 Å². The predicted molar refractivity (Wildman–Crippen MR) is 82.1 cm³/mol. The molecule has 2 rings (SSSR count). The highest BCUT2D eigenvalue weighted by Gasteiger charge is 2.29. The van der Waals surface area contributed by atoms with Crippen LogP contribution in [0.5, 0.6) is 0 Å². The van der Waals surface area contributed by atoms with E-state index in [1.165, 1.54) is 0 Å². The van der Waals surface area contributed by atoms with Gasteiger partial charge in [-0.05, 0) is 38.2 Å². The Balaban J connectivity index is 2.17. The summed E-state index contributed by atoms with van der Waals surface area (Å²) in [5, 5.41) is 3.27. The summed E-state index contributed by atoms with van der Waals surface area (Å²) in [7, 11) is 0. The van der Waals surface area contributed by atoms with Crippen molar-refractivity contribution in [1.82, 2.24) is 9.88 Å². The molecule has 0 bridgehead atoms. The molecule has 1 saturated heterocycles. The van der Waals surface area contributed by atoms with Crippen molar-refractivity contribution in [1.29, 1.82) is 0 Å². The fourth-order valence-electron chi connectivity index (χ4n) is 2.55. The van der Waals surface area contributed by atoms with Crippen molar-refractivity contribution in [2.24, 2.45) is 5.41 Å². The van der Waals surface area contributed by atoms with Crippen molar-refractivity contribution in [3.63, 3.8) is 0 Å². The summed E-state index contributed by atoms with van der Waals surface area (Å²) in [4.78, 5) is 18.9. The summed E-state index contributed by atoms with van der Waals surface area (Å²) in [6, 6.07) is 1.95. The first-order valence-electron chi connectivity index (χ1n) is 7.43. The standard InChI is InChI=1S/C16H25N3O/c1-5-17-14-10-12(2)18-11-13(14)15(20)19-8-6-16(3,4)7-9-19/h10-11H,5-9H2,1-4H3,(H,17,18). The lowest BCUT2D eigenvalue weighted by molar-refractivity contribution is 0.0631. The number of aryl methyl sites for hydroxylation is 1. The van der Waals surface area contributed by atoms with Crippen LogP contribution in [-0.4, -0.2) is 35.4 Å². The maximum atomic E-state index is 12.7. The van der Waals surface area contributed by atoms with E-state index in [2.05, 4.69) is 24.1 Å². The molecule has 4 heteroatoms. The lowest BCUT2D eigenvalue weighted by Crippen LogP contribution is -2.41. The number of pyridine rings is 1. The van der Waals surface area contributed by atoms with Gasteiger partial charge >= 0.3 is 0 Å². The van der Waals surface area contributed by atoms with Crippen LogP contribution in [0.3, 0.4) is 0 Å². The third-order valence-electron chi connectivity index (χ3n) is 4.04. The van der Waals surface area contributed by atoms with Crippen LogP contribution < -0.4 is 5.32 Å². The topological polar surface area (TPSA) is 45.2 Å². The van der Waals surface area contributed by atoms with E-state index in [1.54, 1.807) is 6.20 Å². The highest BCUT2D eigenvalue weighted by molar-refractivity contribution is 5.99. The Morgan fingerprint density at radius 3 is 2.65 bits per heavy atom. The van der Waals surface area contributed by atoms with Gasteiger partial charge in [0.25, 0.3) is 5.91 Å². The molecule has 0 saturated carbocycles. The van der Waals surface area contributed by atoms with E-state index in [4.69, 9.17) is 0 Å². The zero-order valence-electron chi connectivity index (χ0n) is 13.0. The molecule has 20 heavy (non-hydrogen) atoms. The lowest BCUT2D eigenvalue weighted by Gasteiger charge is -2.37. The van der Waals surface area contributed by atoms with E-state index in [-0.39, 0.29) is 5.91 Å². The molecule has 1 aromatic rings. The molecule has 1 N–H and O–H groups in total. The van der Waals surface area contributed by atoms with Crippen LogP contribution in [0.1, 0.15) is 49.7 Å². The summed E-state index contributed by atoms with van der Waals surface area (Å²) < 4.78 is 0. The number of aromatic nitrogens is 1. The number of rotatable bonds is 3. The summed E-state index contributed by atoms with van der Waals surface area (Å²) >= 11 is 0. The van der Waals surface area contributed by atoms with Gasteiger partial charge in [0, 0.05) is 31.5 Å². The van der Waals surface area contributed by atoms with Crippen molar-refractivity contribution in [2.75, 3.05) is 25.0 Å². The van der Waals surface area contributed by atoms with Crippen LogP contribution >= 0.6 is 0 Å². The molecule has 1 aromatic heterocycles. The van der Waals surface area contributed by atoms with Crippen molar-refractivity contribution < 1.29 is 4.79 Å². The minimum atomic E-state index is 0.101. The van der Waals surface area contributed by atoms with E-state index >= 15 is 0 Å². The van der Waals surface area contributed by atoms with E-state index in [0.29, 0.717) is 11.0 Å². The third kappa shape index (κ3) is 3.30. The first-order valence-corrected chi connectivity index (χ1v) is 7.43. The van der Waals surface area contributed by atoms with Gasteiger partial charge in [-0.15, -0.1) is 0 Å². The number of nitrogens with one attached hydrogen (secondary N) is 1. The Morgan fingerprint density at radius 1 is 1.40 bits per heavy atom. The first-order chi connectivity index (χ1) is 9.43. The van der Waals surface area contributed by atoms with Crippen LogP contribution in [-0.2, 0) is 0 Å². The number of carbonyl (C=O) groups is 1. The van der Waals surface area contributed by atoms with Gasteiger partial charge in [0.1, 0.15) is 0 Å². The first kappa shape index (κ1) is 14.8. The number of nitrogens with zero attached hydrogens (tertiary/aromatic N) is 2. The minimum absolute atomic E-state index is 0.101. The third-order valence-corrected chi connectivity index (χ3v) is 4.04. The fourth-order valence-corrected chi connectivity index (χ4v) is 2.55. The van der Waals surface area contributed by atoms with E-state index in [0.717, 1.165) is 43.9 Å². The number of carbonyl (C=O) groups excluding carboxylic acids is 1. The lowest BCUT2D eigenvalue weighted by atomic mass is 9.82. The normalized spacial score (nSPS) is 17.9. The van der Waals surface area contributed by atoms with Crippen molar-refractivity contribution in [3.05, 3.63) is 23.5 Å². The number of anilines is 1.